The number of para-hydroxylation sites is 2. The summed E-state index contributed by atoms with van der Waals surface area (Å²) >= 11 is 0. The molecule has 0 bridgehead atoms. The van der Waals surface area contributed by atoms with E-state index in [-0.39, 0.29) is 5.43 Å². The standard InChI is InChI=1S/C13H8O2.CH4O/c14-13-9-5-1-3-7-11(9)15-12-8-4-2-6-10(12)13;1-2/h1-8H;2H,1H3. The van der Waals surface area contributed by atoms with Crippen molar-refractivity contribution in [3.8, 4) is 0 Å². The van der Waals surface area contributed by atoms with Crippen molar-refractivity contribution < 1.29 is 9.52 Å². The van der Waals surface area contributed by atoms with Gasteiger partial charge in [0.1, 0.15) is 11.2 Å². The summed E-state index contributed by atoms with van der Waals surface area (Å²) in [4.78, 5) is 12.0. The highest BCUT2D eigenvalue weighted by Crippen LogP contribution is 2.17. The van der Waals surface area contributed by atoms with Crippen LogP contribution in [0, 0.1) is 0 Å². The van der Waals surface area contributed by atoms with Crippen LogP contribution in [0.3, 0.4) is 0 Å². The van der Waals surface area contributed by atoms with Crippen molar-refractivity contribution in [2.24, 2.45) is 0 Å². The van der Waals surface area contributed by atoms with Gasteiger partial charge in [-0.2, -0.15) is 0 Å². The molecule has 0 atom stereocenters. The lowest BCUT2D eigenvalue weighted by atomic mass is 10.1. The van der Waals surface area contributed by atoms with Crippen LogP contribution in [0.2, 0.25) is 0 Å². The van der Waals surface area contributed by atoms with Gasteiger partial charge in [0.05, 0.1) is 10.8 Å². The van der Waals surface area contributed by atoms with E-state index in [1.165, 1.54) is 0 Å². The molecule has 0 aliphatic carbocycles. The molecule has 0 aliphatic heterocycles. The predicted molar refractivity (Wildman–Crippen MR) is 68.1 cm³/mol. The number of aliphatic hydroxyl groups is 1. The third kappa shape index (κ3) is 1.92. The molecule has 1 aromatic heterocycles. The van der Waals surface area contributed by atoms with Crippen LogP contribution in [0.5, 0.6) is 0 Å². The minimum Gasteiger partial charge on any atom is -0.456 e. The molecule has 1 N–H and O–H groups in total. The Hall–Kier alpha value is -2.13. The molecule has 0 amide bonds. The van der Waals surface area contributed by atoms with E-state index < -0.39 is 0 Å². The Labute approximate surface area is 97.9 Å². The van der Waals surface area contributed by atoms with Gasteiger partial charge in [0.15, 0.2) is 0 Å². The fourth-order valence-corrected chi connectivity index (χ4v) is 1.75. The highest BCUT2D eigenvalue weighted by atomic mass is 16.3. The van der Waals surface area contributed by atoms with Gasteiger partial charge >= 0.3 is 0 Å². The SMILES string of the molecule is CO.O=c1c2ccccc2oc2ccccc12. The Kier molecular flexibility index (Phi) is 3.21. The second kappa shape index (κ2) is 4.80. The summed E-state index contributed by atoms with van der Waals surface area (Å²) in [7, 11) is 1.00. The largest absolute Gasteiger partial charge is 0.456 e. The number of hydrogen-bond acceptors (Lipinski definition) is 3. The van der Waals surface area contributed by atoms with Gasteiger partial charge in [-0.3, -0.25) is 4.79 Å². The molecule has 17 heavy (non-hydrogen) atoms. The first kappa shape index (κ1) is 11.4. The van der Waals surface area contributed by atoms with Gasteiger partial charge in [-0.25, -0.2) is 0 Å². The number of rotatable bonds is 0. The maximum Gasteiger partial charge on any atom is 0.200 e. The number of hydrogen-bond donors (Lipinski definition) is 1. The number of benzene rings is 2. The van der Waals surface area contributed by atoms with Crippen molar-refractivity contribution in [3.05, 3.63) is 58.8 Å². The topological polar surface area (TPSA) is 50.4 Å². The van der Waals surface area contributed by atoms with E-state index in [9.17, 15) is 4.79 Å². The van der Waals surface area contributed by atoms with E-state index >= 15 is 0 Å². The summed E-state index contributed by atoms with van der Waals surface area (Å²) in [5, 5.41) is 8.27. The highest BCUT2D eigenvalue weighted by molar-refractivity contribution is 5.89. The summed E-state index contributed by atoms with van der Waals surface area (Å²) < 4.78 is 5.63. The fraction of sp³-hybridized carbons (Fsp3) is 0.0714. The average Bonchev–Trinajstić information content (AvgIpc) is 2.41. The Morgan fingerprint density at radius 1 is 0.824 bits per heavy atom. The second-order valence-corrected chi connectivity index (χ2v) is 3.42. The van der Waals surface area contributed by atoms with Crippen LogP contribution in [0.1, 0.15) is 0 Å². The zero-order chi connectivity index (χ0) is 12.3. The molecule has 3 heteroatoms. The number of aliphatic hydroxyl groups excluding tert-OH is 1. The smallest absolute Gasteiger partial charge is 0.200 e. The molecule has 0 unspecified atom stereocenters. The molecule has 3 rings (SSSR count). The van der Waals surface area contributed by atoms with Gasteiger partial charge in [0.2, 0.25) is 5.43 Å². The van der Waals surface area contributed by atoms with Gasteiger partial charge in [-0.05, 0) is 24.3 Å². The summed E-state index contributed by atoms with van der Waals surface area (Å²) in [6, 6.07) is 14.6. The summed E-state index contributed by atoms with van der Waals surface area (Å²) in [6.45, 7) is 0. The highest BCUT2D eigenvalue weighted by Gasteiger charge is 2.04. The minimum atomic E-state index is 0.0347. The van der Waals surface area contributed by atoms with Crippen molar-refractivity contribution >= 4 is 21.9 Å². The molecular weight excluding hydrogens is 216 g/mol. The van der Waals surface area contributed by atoms with E-state index in [1.54, 1.807) is 12.1 Å². The zero-order valence-electron chi connectivity index (χ0n) is 9.38. The Morgan fingerprint density at radius 2 is 1.24 bits per heavy atom. The minimum absolute atomic E-state index is 0.0347. The summed E-state index contributed by atoms with van der Waals surface area (Å²) in [5.41, 5.74) is 1.31. The van der Waals surface area contributed by atoms with Gasteiger partial charge in [-0.15, -0.1) is 0 Å². The van der Waals surface area contributed by atoms with Crippen LogP contribution < -0.4 is 5.43 Å². The normalized spacial score (nSPS) is 10.0. The van der Waals surface area contributed by atoms with Gasteiger partial charge < -0.3 is 9.52 Å². The first-order valence-electron chi connectivity index (χ1n) is 5.21. The third-order valence-electron chi connectivity index (χ3n) is 2.48. The van der Waals surface area contributed by atoms with Crippen LogP contribution in [-0.2, 0) is 0 Å². The lowest BCUT2D eigenvalue weighted by Gasteiger charge is -1.99. The van der Waals surface area contributed by atoms with Crippen LogP contribution >= 0.6 is 0 Å². The molecule has 0 spiro atoms. The first-order valence-corrected chi connectivity index (χ1v) is 5.21. The molecule has 0 radical (unpaired) electrons. The summed E-state index contributed by atoms with van der Waals surface area (Å²) in [5.74, 6) is 0. The molecule has 0 fully saturated rings. The molecule has 3 aromatic rings. The average molecular weight is 228 g/mol. The molecule has 86 valence electrons. The molecule has 0 saturated heterocycles. The van der Waals surface area contributed by atoms with Crippen molar-refractivity contribution in [2.75, 3.05) is 7.11 Å². The van der Waals surface area contributed by atoms with Gasteiger partial charge in [0.25, 0.3) is 0 Å². The van der Waals surface area contributed by atoms with Crippen LogP contribution in [-0.4, -0.2) is 12.2 Å². The maximum atomic E-state index is 12.0. The lowest BCUT2D eigenvalue weighted by Crippen LogP contribution is -2.01. The second-order valence-electron chi connectivity index (χ2n) is 3.42. The Morgan fingerprint density at radius 3 is 1.71 bits per heavy atom. The van der Waals surface area contributed by atoms with Crippen molar-refractivity contribution in [1.82, 2.24) is 0 Å². The molecule has 0 saturated carbocycles. The van der Waals surface area contributed by atoms with Gasteiger partial charge in [0, 0.05) is 7.11 Å². The predicted octanol–water partition coefficient (Wildman–Crippen LogP) is 2.55. The fourth-order valence-electron chi connectivity index (χ4n) is 1.75. The van der Waals surface area contributed by atoms with E-state index in [2.05, 4.69) is 0 Å². The third-order valence-corrected chi connectivity index (χ3v) is 2.48. The van der Waals surface area contributed by atoms with E-state index in [1.807, 2.05) is 36.4 Å². The molecular formula is C14H12O3. The molecule has 0 aliphatic rings. The van der Waals surface area contributed by atoms with Crippen molar-refractivity contribution in [1.29, 1.82) is 0 Å². The van der Waals surface area contributed by atoms with E-state index in [0.29, 0.717) is 21.9 Å². The molecule has 1 heterocycles. The van der Waals surface area contributed by atoms with Gasteiger partial charge in [-0.1, -0.05) is 24.3 Å². The van der Waals surface area contributed by atoms with Crippen molar-refractivity contribution in [3.63, 3.8) is 0 Å². The first-order chi connectivity index (χ1) is 8.36. The van der Waals surface area contributed by atoms with Crippen LogP contribution in [0.25, 0.3) is 21.9 Å². The van der Waals surface area contributed by atoms with E-state index in [4.69, 9.17) is 9.52 Å². The quantitative estimate of drug-likeness (QED) is 0.601. The van der Waals surface area contributed by atoms with E-state index in [0.717, 1.165) is 7.11 Å². The van der Waals surface area contributed by atoms with Crippen LogP contribution in [0.15, 0.2) is 57.7 Å². The maximum absolute atomic E-state index is 12.0. The lowest BCUT2D eigenvalue weighted by molar-refractivity contribution is 0.399. The Bertz CT molecular complexity index is 641. The van der Waals surface area contributed by atoms with Crippen LogP contribution in [0.4, 0.5) is 0 Å². The molecule has 3 nitrogen and oxygen atoms in total. The monoisotopic (exact) mass is 228 g/mol. The Balaban J connectivity index is 0.000000514. The summed E-state index contributed by atoms with van der Waals surface area (Å²) in [6.07, 6.45) is 0. The zero-order valence-corrected chi connectivity index (χ0v) is 9.38. The molecule has 2 aromatic carbocycles. The number of fused-ring (bicyclic) bond motifs is 2. The van der Waals surface area contributed by atoms with Crippen molar-refractivity contribution in [2.45, 2.75) is 0 Å².